The molecule has 1 aliphatic rings. The van der Waals surface area contributed by atoms with Crippen molar-refractivity contribution in [1.82, 2.24) is 0 Å². The van der Waals surface area contributed by atoms with Gasteiger partial charge in [-0.05, 0) is 37.5 Å². The van der Waals surface area contributed by atoms with Gasteiger partial charge in [0.2, 0.25) is 0 Å². The summed E-state index contributed by atoms with van der Waals surface area (Å²) in [5, 5.41) is 0. The predicted molar refractivity (Wildman–Crippen MR) is 74.4 cm³/mol. The van der Waals surface area contributed by atoms with Gasteiger partial charge in [0.1, 0.15) is 0 Å². The molecule has 0 bridgehead atoms. The summed E-state index contributed by atoms with van der Waals surface area (Å²) in [6.45, 7) is 9.22. The van der Waals surface area contributed by atoms with Crippen molar-refractivity contribution < 1.29 is 0 Å². The Labute approximate surface area is 99.9 Å². The monoisotopic (exact) mass is 217 g/mol. The molecule has 0 atom stereocenters. The lowest BCUT2D eigenvalue weighted by molar-refractivity contribution is 1.00. The van der Waals surface area contributed by atoms with Crippen LogP contribution in [-0.2, 0) is 0 Å². The summed E-state index contributed by atoms with van der Waals surface area (Å²) in [6, 6.07) is 8.36. The highest BCUT2D eigenvalue weighted by atomic mass is 14.7. The van der Waals surface area contributed by atoms with Crippen molar-refractivity contribution in [3.05, 3.63) is 47.5 Å². The quantitative estimate of drug-likeness (QED) is 0.612. The fourth-order valence-corrected chi connectivity index (χ4v) is 1.10. The fraction of sp³-hybridized carbons (Fsp3) is 0.400. The minimum Gasteiger partial charge on any atom is -0.293 e. The first-order chi connectivity index (χ1) is 7.80. The van der Waals surface area contributed by atoms with Gasteiger partial charge in [0.25, 0.3) is 0 Å². The van der Waals surface area contributed by atoms with Gasteiger partial charge >= 0.3 is 0 Å². The van der Waals surface area contributed by atoms with E-state index in [2.05, 4.69) is 49.2 Å². The van der Waals surface area contributed by atoms with Crippen LogP contribution in [0, 0.1) is 13.8 Å². The maximum Gasteiger partial charge on any atom is 0.0423 e. The average Bonchev–Trinajstić information content (AvgIpc) is 2.38. The first-order valence-electron chi connectivity index (χ1n) is 5.98. The van der Waals surface area contributed by atoms with Crippen LogP contribution in [0.1, 0.15) is 31.4 Å². The number of benzene rings is 1. The van der Waals surface area contributed by atoms with Gasteiger partial charge in [-0.2, -0.15) is 0 Å². The minimum absolute atomic E-state index is 0.983. The highest BCUT2D eigenvalue weighted by Crippen LogP contribution is 2.02. The van der Waals surface area contributed by atoms with E-state index in [4.69, 9.17) is 0 Å². The topological polar surface area (TPSA) is 12.4 Å². The van der Waals surface area contributed by atoms with Gasteiger partial charge in [0.05, 0.1) is 0 Å². The standard InChI is InChI=1S/C8H10.C5H7N.C2H6/c1-7-5-3-4-6-8(7)2;1-2-4-6-5-3-1;1-2/h3-6H,1-2H3;1-2,4H,3,5H2;1-2H3. The summed E-state index contributed by atoms with van der Waals surface area (Å²) in [5.74, 6) is 0. The molecule has 0 N–H and O–H groups in total. The Morgan fingerprint density at radius 2 is 1.56 bits per heavy atom. The summed E-state index contributed by atoms with van der Waals surface area (Å²) in [4.78, 5) is 3.97. The first kappa shape index (κ1) is 14.6. The molecule has 0 aromatic heterocycles. The normalized spacial score (nSPS) is 12.0. The molecule has 1 heterocycles. The van der Waals surface area contributed by atoms with Crippen LogP contribution in [0.3, 0.4) is 0 Å². The molecule has 0 unspecified atom stereocenters. The number of hydrogen-bond acceptors (Lipinski definition) is 1. The maximum absolute atomic E-state index is 3.97. The molecule has 1 aromatic carbocycles. The third-order valence-corrected chi connectivity index (χ3v) is 2.18. The second kappa shape index (κ2) is 10.2. The van der Waals surface area contributed by atoms with E-state index in [9.17, 15) is 0 Å². The third-order valence-electron chi connectivity index (χ3n) is 2.18. The number of hydrogen-bond donors (Lipinski definition) is 0. The van der Waals surface area contributed by atoms with Crippen LogP contribution >= 0.6 is 0 Å². The molecule has 0 fully saturated rings. The third kappa shape index (κ3) is 6.99. The zero-order chi connectivity index (χ0) is 12.2. The van der Waals surface area contributed by atoms with E-state index in [1.165, 1.54) is 11.1 Å². The molecule has 0 radical (unpaired) electrons. The Morgan fingerprint density at radius 3 is 1.75 bits per heavy atom. The van der Waals surface area contributed by atoms with Crippen LogP contribution in [0.15, 0.2) is 41.4 Å². The second-order valence-corrected chi connectivity index (χ2v) is 3.36. The second-order valence-electron chi connectivity index (χ2n) is 3.36. The highest BCUT2D eigenvalue weighted by molar-refractivity contribution is 5.71. The largest absolute Gasteiger partial charge is 0.293 e. The number of aliphatic imine (C=N–C) groups is 1. The Kier molecular flexibility index (Phi) is 9.29. The Balaban J connectivity index is 0.000000251. The zero-order valence-electron chi connectivity index (χ0n) is 10.9. The summed E-state index contributed by atoms with van der Waals surface area (Å²) >= 11 is 0. The van der Waals surface area contributed by atoms with Crippen LogP contribution in [0.4, 0.5) is 0 Å². The molecule has 1 aromatic rings. The number of rotatable bonds is 0. The fourth-order valence-electron chi connectivity index (χ4n) is 1.10. The number of dihydropyridines is 1. The van der Waals surface area contributed by atoms with E-state index < -0.39 is 0 Å². The molecule has 1 heteroatoms. The van der Waals surface area contributed by atoms with E-state index in [1.807, 2.05) is 26.1 Å². The molecule has 0 aliphatic carbocycles. The lowest BCUT2D eigenvalue weighted by atomic mass is 10.1. The molecule has 1 nitrogen and oxygen atoms in total. The molecule has 0 saturated carbocycles. The summed E-state index contributed by atoms with van der Waals surface area (Å²) < 4.78 is 0. The summed E-state index contributed by atoms with van der Waals surface area (Å²) in [7, 11) is 0. The lowest BCUT2D eigenvalue weighted by Crippen LogP contribution is -1.81. The van der Waals surface area contributed by atoms with Crippen LogP contribution in [0.5, 0.6) is 0 Å². The van der Waals surface area contributed by atoms with Gasteiger partial charge in [0.15, 0.2) is 0 Å². The van der Waals surface area contributed by atoms with Crippen LogP contribution in [0.25, 0.3) is 0 Å². The van der Waals surface area contributed by atoms with Crippen molar-refractivity contribution in [2.24, 2.45) is 4.99 Å². The van der Waals surface area contributed by atoms with E-state index in [0.717, 1.165) is 13.0 Å². The number of aryl methyl sites for hydroxylation is 2. The van der Waals surface area contributed by atoms with Crippen molar-refractivity contribution >= 4 is 6.21 Å². The van der Waals surface area contributed by atoms with E-state index in [-0.39, 0.29) is 0 Å². The number of allylic oxidation sites excluding steroid dienone is 1. The molecular formula is C15H23N. The molecule has 88 valence electrons. The van der Waals surface area contributed by atoms with Crippen molar-refractivity contribution in [1.29, 1.82) is 0 Å². The minimum atomic E-state index is 0.983. The summed E-state index contributed by atoms with van der Waals surface area (Å²) in [6.07, 6.45) is 7.05. The maximum atomic E-state index is 3.97. The van der Waals surface area contributed by atoms with Crippen molar-refractivity contribution in [2.45, 2.75) is 34.1 Å². The molecule has 1 aliphatic heterocycles. The molecule has 0 amide bonds. The van der Waals surface area contributed by atoms with E-state index in [0.29, 0.717) is 0 Å². The van der Waals surface area contributed by atoms with Gasteiger partial charge in [0, 0.05) is 12.8 Å². The first-order valence-corrected chi connectivity index (χ1v) is 5.98. The molecule has 2 rings (SSSR count). The summed E-state index contributed by atoms with van der Waals surface area (Å²) in [5.41, 5.74) is 2.74. The highest BCUT2D eigenvalue weighted by Gasteiger charge is 1.83. The van der Waals surface area contributed by atoms with Gasteiger partial charge in [-0.1, -0.05) is 44.2 Å². The van der Waals surface area contributed by atoms with Crippen LogP contribution < -0.4 is 0 Å². The van der Waals surface area contributed by atoms with Gasteiger partial charge < -0.3 is 0 Å². The predicted octanol–water partition coefficient (Wildman–Crippen LogP) is 4.35. The Hall–Kier alpha value is -1.37. The van der Waals surface area contributed by atoms with Crippen LogP contribution in [0.2, 0.25) is 0 Å². The smallest absolute Gasteiger partial charge is 0.0423 e. The lowest BCUT2D eigenvalue weighted by Gasteiger charge is -1.93. The van der Waals surface area contributed by atoms with Gasteiger partial charge in [-0.25, -0.2) is 0 Å². The molecule has 0 spiro atoms. The van der Waals surface area contributed by atoms with Gasteiger partial charge in [-0.3, -0.25) is 4.99 Å². The average molecular weight is 217 g/mol. The molecule has 0 saturated heterocycles. The zero-order valence-corrected chi connectivity index (χ0v) is 10.9. The molecule has 16 heavy (non-hydrogen) atoms. The Morgan fingerprint density at radius 1 is 1.00 bits per heavy atom. The van der Waals surface area contributed by atoms with E-state index >= 15 is 0 Å². The van der Waals surface area contributed by atoms with Crippen molar-refractivity contribution in [3.63, 3.8) is 0 Å². The SMILES string of the molecule is C1=CCCN=C1.CC.Cc1ccccc1C. The van der Waals surface area contributed by atoms with E-state index in [1.54, 1.807) is 0 Å². The number of nitrogens with zero attached hydrogens (tertiary/aromatic N) is 1. The van der Waals surface area contributed by atoms with Gasteiger partial charge in [-0.15, -0.1) is 0 Å². The molecular weight excluding hydrogens is 194 g/mol. The van der Waals surface area contributed by atoms with Crippen molar-refractivity contribution in [2.75, 3.05) is 6.54 Å². The van der Waals surface area contributed by atoms with Crippen molar-refractivity contribution in [3.8, 4) is 0 Å². The Bertz CT molecular complexity index is 291. The van der Waals surface area contributed by atoms with Crippen LogP contribution in [-0.4, -0.2) is 12.8 Å².